The fourth-order valence-corrected chi connectivity index (χ4v) is 4.42. The number of Topliss-reactive ketones (excluding diaryl/α,β-unsaturated/α-hetero) is 1. The largest absolute Gasteiger partial charge is 0.507 e. The highest BCUT2D eigenvalue weighted by Crippen LogP contribution is 2.45. The molecule has 1 unspecified atom stereocenters. The van der Waals surface area contributed by atoms with Gasteiger partial charge in [-0.15, -0.1) is 0 Å². The van der Waals surface area contributed by atoms with Crippen molar-refractivity contribution in [1.29, 1.82) is 0 Å². The Bertz CT molecular complexity index is 1310. The van der Waals surface area contributed by atoms with Crippen molar-refractivity contribution in [3.8, 4) is 5.75 Å². The van der Waals surface area contributed by atoms with E-state index in [1.807, 2.05) is 0 Å². The van der Waals surface area contributed by atoms with E-state index in [0.29, 0.717) is 11.3 Å². The van der Waals surface area contributed by atoms with E-state index in [2.05, 4.69) is 0 Å². The number of hydrogen-bond acceptors (Lipinski definition) is 6. The van der Waals surface area contributed by atoms with Gasteiger partial charge in [-0.3, -0.25) is 19.3 Å². The normalized spacial score (nSPS) is 17.3. The van der Waals surface area contributed by atoms with Gasteiger partial charge in [0, 0.05) is 10.7 Å². The van der Waals surface area contributed by atoms with Gasteiger partial charge in [0.1, 0.15) is 23.3 Å². The van der Waals surface area contributed by atoms with Crippen LogP contribution in [-0.2, 0) is 20.8 Å². The van der Waals surface area contributed by atoms with Gasteiger partial charge in [0.05, 0.1) is 36.0 Å². The number of rotatable bonds is 6. The number of halogens is 2. The van der Waals surface area contributed by atoms with Crippen LogP contribution in [0.1, 0.15) is 22.9 Å². The van der Waals surface area contributed by atoms with Crippen LogP contribution in [0.15, 0.2) is 64.8 Å². The van der Waals surface area contributed by atoms with Crippen LogP contribution in [-0.4, -0.2) is 35.0 Å². The Hall–Kier alpha value is -3.75. The molecule has 34 heavy (non-hydrogen) atoms. The van der Waals surface area contributed by atoms with Gasteiger partial charge in [-0.05, 0) is 42.0 Å². The molecule has 3 aromatic rings. The molecule has 174 valence electrons. The molecule has 0 radical (unpaired) electrons. The molecule has 10 heteroatoms. The number of carbonyl (C=O) groups excluding carboxylic acids is 2. The zero-order chi connectivity index (χ0) is 24.6. The van der Waals surface area contributed by atoms with Crippen molar-refractivity contribution in [3.63, 3.8) is 0 Å². The van der Waals surface area contributed by atoms with Gasteiger partial charge >= 0.3 is 5.97 Å². The monoisotopic (exact) mass is 501 g/mol. The number of carbonyl (C=O) groups is 3. The topological polar surface area (TPSA) is 117 Å². The Balaban J connectivity index is 1.90. The molecule has 1 fully saturated rings. The summed E-state index contributed by atoms with van der Waals surface area (Å²) in [5.74, 6) is -3.09. The summed E-state index contributed by atoms with van der Waals surface area (Å²) in [6.07, 6.45) is 1.18. The minimum atomic E-state index is -1.11. The van der Waals surface area contributed by atoms with E-state index in [1.165, 1.54) is 42.5 Å². The van der Waals surface area contributed by atoms with Gasteiger partial charge < -0.3 is 19.4 Å². The lowest BCUT2D eigenvalue weighted by Gasteiger charge is -2.23. The molecule has 4 rings (SSSR count). The van der Waals surface area contributed by atoms with Gasteiger partial charge in [-0.25, -0.2) is 0 Å². The maximum absolute atomic E-state index is 13.2. The summed E-state index contributed by atoms with van der Waals surface area (Å²) in [5, 5.41) is 20.5. The number of hydrogen-bond donors (Lipinski definition) is 2. The van der Waals surface area contributed by atoms with Crippen molar-refractivity contribution in [2.75, 3.05) is 12.0 Å². The van der Waals surface area contributed by atoms with Crippen molar-refractivity contribution in [3.05, 3.63) is 87.3 Å². The second-order valence-corrected chi connectivity index (χ2v) is 8.23. The SMILES string of the molecule is COc1c(Cl)cc(Cl)cc1/C(O)=C1/C(=O)C(=O)N(c2ccc(CC(=O)O)cc2)C1c1ccco1. The van der Waals surface area contributed by atoms with Crippen LogP contribution in [0.3, 0.4) is 0 Å². The van der Waals surface area contributed by atoms with Gasteiger partial charge in [0.15, 0.2) is 0 Å². The number of aliphatic hydroxyl groups excluding tert-OH is 1. The van der Waals surface area contributed by atoms with Crippen molar-refractivity contribution >= 4 is 52.3 Å². The Morgan fingerprint density at radius 1 is 1.12 bits per heavy atom. The van der Waals surface area contributed by atoms with Crippen LogP contribution in [0.2, 0.25) is 10.0 Å². The molecule has 0 saturated carbocycles. The third-order valence-corrected chi connectivity index (χ3v) is 5.79. The maximum Gasteiger partial charge on any atom is 0.307 e. The first-order valence-electron chi connectivity index (χ1n) is 9.91. The van der Waals surface area contributed by atoms with Gasteiger partial charge in [-0.1, -0.05) is 35.3 Å². The van der Waals surface area contributed by atoms with Crippen LogP contribution in [0, 0.1) is 0 Å². The predicted molar refractivity (Wildman–Crippen MR) is 124 cm³/mol. The minimum Gasteiger partial charge on any atom is -0.507 e. The lowest BCUT2D eigenvalue weighted by atomic mass is 9.98. The second kappa shape index (κ2) is 9.24. The number of ketones is 1. The molecule has 1 atom stereocenters. The number of amides is 1. The molecular weight excluding hydrogens is 485 g/mol. The van der Waals surface area contributed by atoms with Crippen LogP contribution in [0.4, 0.5) is 5.69 Å². The summed E-state index contributed by atoms with van der Waals surface area (Å²) in [5.41, 5.74) is 0.617. The Morgan fingerprint density at radius 3 is 2.41 bits per heavy atom. The number of methoxy groups -OCH3 is 1. The molecule has 2 aromatic carbocycles. The zero-order valence-corrected chi connectivity index (χ0v) is 19.1. The van der Waals surface area contributed by atoms with Gasteiger partial charge in [0.2, 0.25) is 0 Å². The number of benzene rings is 2. The molecule has 1 amide bonds. The van der Waals surface area contributed by atoms with Crippen LogP contribution in [0.25, 0.3) is 5.76 Å². The molecular formula is C24H17Cl2NO7. The zero-order valence-electron chi connectivity index (χ0n) is 17.6. The van der Waals surface area contributed by atoms with E-state index in [9.17, 15) is 19.5 Å². The lowest BCUT2D eigenvalue weighted by molar-refractivity contribution is -0.136. The molecule has 0 bridgehead atoms. The summed E-state index contributed by atoms with van der Waals surface area (Å²) < 4.78 is 10.8. The van der Waals surface area contributed by atoms with Crippen LogP contribution < -0.4 is 9.64 Å². The van der Waals surface area contributed by atoms with E-state index in [4.69, 9.17) is 37.5 Å². The molecule has 1 aromatic heterocycles. The first-order valence-corrected chi connectivity index (χ1v) is 10.7. The van der Waals surface area contributed by atoms with Gasteiger partial charge in [0.25, 0.3) is 11.7 Å². The van der Waals surface area contributed by atoms with Crippen molar-refractivity contribution in [2.45, 2.75) is 12.5 Å². The number of nitrogens with zero attached hydrogens (tertiary/aromatic N) is 1. The Kier molecular flexibility index (Phi) is 6.37. The van der Waals surface area contributed by atoms with Crippen LogP contribution in [0.5, 0.6) is 5.75 Å². The number of anilines is 1. The summed E-state index contributed by atoms with van der Waals surface area (Å²) in [6.45, 7) is 0. The highest BCUT2D eigenvalue weighted by atomic mass is 35.5. The standard InChI is InChI=1S/C24H17Cl2NO7/c1-33-23-15(10-13(25)11-16(23)26)21(30)19-20(17-3-2-8-34-17)27(24(32)22(19)31)14-6-4-12(5-7-14)9-18(28)29/h2-8,10-11,20,30H,9H2,1H3,(H,28,29)/b21-19-. The summed E-state index contributed by atoms with van der Waals surface area (Å²) in [7, 11) is 1.34. The Morgan fingerprint density at radius 2 is 1.82 bits per heavy atom. The van der Waals surface area contributed by atoms with E-state index < -0.39 is 29.5 Å². The fourth-order valence-electron chi connectivity index (χ4n) is 3.85. The molecule has 0 spiro atoms. The molecule has 1 saturated heterocycles. The first kappa shape index (κ1) is 23.4. The maximum atomic E-state index is 13.2. The van der Waals surface area contributed by atoms with Crippen molar-refractivity contribution < 1.29 is 33.8 Å². The number of carboxylic acid groups (broad SMARTS) is 1. The third kappa shape index (κ3) is 4.13. The number of aliphatic hydroxyl groups is 1. The number of furan rings is 1. The van der Waals surface area contributed by atoms with E-state index >= 15 is 0 Å². The number of aliphatic carboxylic acids is 1. The highest BCUT2D eigenvalue weighted by molar-refractivity contribution is 6.51. The Labute approximate surface area is 203 Å². The van der Waals surface area contributed by atoms with E-state index in [0.717, 1.165) is 0 Å². The smallest absolute Gasteiger partial charge is 0.307 e. The van der Waals surface area contributed by atoms with Crippen LogP contribution >= 0.6 is 23.2 Å². The van der Waals surface area contributed by atoms with Crippen molar-refractivity contribution in [2.24, 2.45) is 0 Å². The minimum absolute atomic E-state index is 0.0337. The quantitative estimate of drug-likeness (QED) is 0.281. The second-order valence-electron chi connectivity index (χ2n) is 7.39. The average Bonchev–Trinajstić information content (AvgIpc) is 3.40. The molecule has 1 aliphatic heterocycles. The molecule has 8 nitrogen and oxygen atoms in total. The summed E-state index contributed by atoms with van der Waals surface area (Å²) in [6, 6.07) is 11.0. The van der Waals surface area contributed by atoms with E-state index in [-0.39, 0.29) is 39.1 Å². The predicted octanol–water partition coefficient (Wildman–Crippen LogP) is 4.85. The number of ether oxygens (including phenoxy) is 1. The van der Waals surface area contributed by atoms with Crippen molar-refractivity contribution in [1.82, 2.24) is 0 Å². The van der Waals surface area contributed by atoms with E-state index in [1.54, 1.807) is 24.3 Å². The summed E-state index contributed by atoms with van der Waals surface area (Å²) >= 11 is 12.3. The molecule has 2 N–H and O–H groups in total. The lowest BCUT2D eigenvalue weighted by Crippen LogP contribution is -2.29. The highest BCUT2D eigenvalue weighted by Gasteiger charge is 2.48. The number of carboxylic acids is 1. The average molecular weight is 502 g/mol. The first-order chi connectivity index (χ1) is 16.2. The van der Waals surface area contributed by atoms with Gasteiger partial charge in [-0.2, -0.15) is 0 Å². The molecule has 2 heterocycles. The third-order valence-electron chi connectivity index (χ3n) is 5.29. The fraction of sp³-hybridized carbons (Fsp3) is 0.125. The molecule has 0 aliphatic carbocycles. The summed E-state index contributed by atoms with van der Waals surface area (Å²) in [4.78, 5) is 38.4. The molecule has 1 aliphatic rings.